The number of ether oxygens (including phenoxy) is 2. The number of esters is 2. The summed E-state index contributed by atoms with van der Waals surface area (Å²) in [6, 6.07) is 15.7. The van der Waals surface area contributed by atoms with Gasteiger partial charge in [-0.3, -0.25) is 9.00 Å². The van der Waals surface area contributed by atoms with Crippen LogP contribution in [0.1, 0.15) is 41.5 Å². The third-order valence-electron chi connectivity index (χ3n) is 4.86. The third-order valence-corrected chi connectivity index (χ3v) is 7.13. The lowest BCUT2D eigenvalue weighted by Gasteiger charge is -2.15. The first-order valence-electron chi connectivity index (χ1n) is 10.7. The largest absolute Gasteiger partial charge is 0.462 e. The normalized spacial score (nSPS) is 12.4. The second-order valence-electron chi connectivity index (χ2n) is 7.11. The Kier molecular flexibility index (Phi) is 8.72. The maximum absolute atomic E-state index is 12.8. The zero-order valence-electron chi connectivity index (χ0n) is 19.0. The van der Waals surface area contributed by atoms with Crippen LogP contribution in [-0.4, -0.2) is 40.5 Å². The Hall–Kier alpha value is -3.30. The lowest BCUT2D eigenvalue weighted by atomic mass is 10.0. The molecular formula is C25H25NO6S2. The van der Waals surface area contributed by atoms with Crippen LogP contribution in [0.5, 0.6) is 0 Å². The van der Waals surface area contributed by atoms with Crippen LogP contribution in [0.3, 0.4) is 0 Å². The number of amides is 1. The van der Waals surface area contributed by atoms with Crippen molar-refractivity contribution >= 4 is 45.0 Å². The van der Waals surface area contributed by atoms with Gasteiger partial charge in [-0.25, -0.2) is 9.59 Å². The third kappa shape index (κ3) is 5.78. The zero-order valence-corrected chi connectivity index (χ0v) is 20.7. The van der Waals surface area contributed by atoms with E-state index < -0.39 is 34.7 Å². The van der Waals surface area contributed by atoms with Crippen molar-refractivity contribution in [3.8, 4) is 11.1 Å². The number of anilines is 1. The molecule has 0 aliphatic rings. The van der Waals surface area contributed by atoms with E-state index in [0.717, 1.165) is 5.56 Å². The molecule has 0 bridgehead atoms. The quantitative estimate of drug-likeness (QED) is 0.420. The lowest BCUT2D eigenvalue weighted by Crippen LogP contribution is -2.30. The van der Waals surface area contributed by atoms with E-state index in [1.807, 2.05) is 30.3 Å². The summed E-state index contributed by atoms with van der Waals surface area (Å²) in [5.74, 6) is -1.56. The van der Waals surface area contributed by atoms with Gasteiger partial charge in [0.05, 0.1) is 27.9 Å². The summed E-state index contributed by atoms with van der Waals surface area (Å²) >= 11 is 1.18. The molecule has 0 fully saturated rings. The number of hydrogen-bond acceptors (Lipinski definition) is 7. The maximum atomic E-state index is 12.8. The van der Waals surface area contributed by atoms with E-state index in [1.165, 1.54) is 24.3 Å². The van der Waals surface area contributed by atoms with Crippen LogP contribution in [0.2, 0.25) is 0 Å². The van der Waals surface area contributed by atoms with Gasteiger partial charge in [-0.2, -0.15) is 0 Å². The highest BCUT2D eigenvalue weighted by Gasteiger charge is 2.26. The molecule has 3 rings (SSSR count). The Morgan fingerprint density at radius 3 is 2.35 bits per heavy atom. The summed E-state index contributed by atoms with van der Waals surface area (Å²) in [6.45, 7) is 5.07. The average molecular weight is 500 g/mol. The van der Waals surface area contributed by atoms with Crippen LogP contribution >= 0.6 is 11.3 Å². The summed E-state index contributed by atoms with van der Waals surface area (Å²) in [5.41, 5.74) is 1.84. The maximum Gasteiger partial charge on any atom is 0.341 e. The van der Waals surface area contributed by atoms with Gasteiger partial charge >= 0.3 is 11.9 Å². The molecule has 2 atom stereocenters. The number of nitrogens with one attached hydrogen (secondary N) is 1. The second kappa shape index (κ2) is 11.7. The Morgan fingerprint density at radius 1 is 1.00 bits per heavy atom. The first-order valence-corrected chi connectivity index (χ1v) is 12.9. The molecule has 2 unspecified atom stereocenters. The Bertz CT molecular complexity index is 1210. The summed E-state index contributed by atoms with van der Waals surface area (Å²) in [7, 11) is -1.36. The minimum atomic E-state index is -1.36. The van der Waals surface area contributed by atoms with Crippen LogP contribution in [-0.2, 0) is 25.1 Å². The summed E-state index contributed by atoms with van der Waals surface area (Å²) in [5, 5.41) is 4.76. The number of carbonyl (C=O) groups excluding carboxylic acids is 3. The lowest BCUT2D eigenvalue weighted by molar-refractivity contribution is -0.123. The molecule has 178 valence electrons. The molecule has 3 aromatic rings. The van der Waals surface area contributed by atoms with Crippen molar-refractivity contribution in [1.82, 2.24) is 0 Å². The van der Waals surface area contributed by atoms with Gasteiger partial charge in [0.1, 0.15) is 10.6 Å². The van der Waals surface area contributed by atoms with Crippen molar-refractivity contribution in [3.63, 3.8) is 0 Å². The van der Waals surface area contributed by atoms with E-state index in [4.69, 9.17) is 9.47 Å². The van der Waals surface area contributed by atoms with E-state index >= 15 is 0 Å². The van der Waals surface area contributed by atoms with Gasteiger partial charge in [-0.15, -0.1) is 11.3 Å². The smallest absolute Gasteiger partial charge is 0.341 e. The first kappa shape index (κ1) is 25.3. The van der Waals surface area contributed by atoms with Crippen molar-refractivity contribution in [1.29, 1.82) is 0 Å². The van der Waals surface area contributed by atoms with Crippen LogP contribution < -0.4 is 5.32 Å². The number of benzene rings is 2. The highest BCUT2D eigenvalue weighted by Crippen LogP contribution is 2.36. The SMILES string of the molecule is CCOC(=O)c1c(-c2ccccc2)csc1NC(=O)C(C)OC(=O)c1ccccc1S(=O)CC. The molecule has 0 spiro atoms. The van der Waals surface area contributed by atoms with Gasteiger partial charge in [0.25, 0.3) is 5.91 Å². The highest BCUT2D eigenvalue weighted by molar-refractivity contribution is 7.85. The highest BCUT2D eigenvalue weighted by atomic mass is 32.2. The molecule has 34 heavy (non-hydrogen) atoms. The monoisotopic (exact) mass is 499 g/mol. The fourth-order valence-electron chi connectivity index (χ4n) is 3.17. The summed E-state index contributed by atoms with van der Waals surface area (Å²) in [6.07, 6.45) is -1.16. The Labute approximate surface area is 204 Å². The summed E-state index contributed by atoms with van der Waals surface area (Å²) < 4.78 is 22.8. The van der Waals surface area contributed by atoms with E-state index in [9.17, 15) is 18.6 Å². The number of carbonyl (C=O) groups is 3. The number of hydrogen-bond donors (Lipinski definition) is 1. The second-order valence-corrected chi connectivity index (χ2v) is 9.70. The van der Waals surface area contributed by atoms with Gasteiger partial charge < -0.3 is 14.8 Å². The minimum absolute atomic E-state index is 0.150. The van der Waals surface area contributed by atoms with Crippen LogP contribution in [0, 0.1) is 0 Å². The molecule has 0 saturated heterocycles. The molecule has 7 nitrogen and oxygen atoms in total. The zero-order chi connectivity index (χ0) is 24.7. The summed E-state index contributed by atoms with van der Waals surface area (Å²) in [4.78, 5) is 38.6. The molecule has 0 radical (unpaired) electrons. The molecule has 1 N–H and O–H groups in total. The van der Waals surface area contributed by atoms with Gasteiger partial charge in [-0.05, 0) is 31.5 Å². The first-order chi connectivity index (χ1) is 16.4. The molecule has 0 saturated carbocycles. The molecule has 1 amide bonds. The Balaban J connectivity index is 1.80. The predicted molar refractivity (Wildman–Crippen MR) is 133 cm³/mol. The average Bonchev–Trinajstić information content (AvgIpc) is 3.27. The molecule has 0 aliphatic heterocycles. The van der Waals surface area contributed by atoms with Crippen molar-refractivity contribution in [2.45, 2.75) is 31.8 Å². The van der Waals surface area contributed by atoms with E-state index in [2.05, 4.69) is 5.32 Å². The van der Waals surface area contributed by atoms with Crippen molar-refractivity contribution in [2.24, 2.45) is 0 Å². The molecule has 0 aliphatic carbocycles. The number of rotatable bonds is 9. The van der Waals surface area contributed by atoms with Crippen LogP contribution in [0.4, 0.5) is 5.00 Å². The van der Waals surface area contributed by atoms with Crippen molar-refractivity contribution in [3.05, 3.63) is 71.1 Å². The van der Waals surface area contributed by atoms with Gasteiger partial charge in [0.2, 0.25) is 0 Å². The topological polar surface area (TPSA) is 98.8 Å². The molecule has 9 heteroatoms. The van der Waals surface area contributed by atoms with Gasteiger partial charge in [0.15, 0.2) is 6.10 Å². The van der Waals surface area contributed by atoms with Gasteiger partial charge in [0, 0.05) is 16.7 Å². The van der Waals surface area contributed by atoms with Crippen LogP contribution in [0.25, 0.3) is 11.1 Å². The molecule has 1 aromatic heterocycles. The van der Waals surface area contributed by atoms with E-state index in [1.54, 1.807) is 37.4 Å². The van der Waals surface area contributed by atoms with Crippen molar-refractivity contribution in [2.75, 3.05) is 17.7 Å². The van der Waals surface area contributed by atoms with Crippen LogP contribution in [0.15, 0.2) is 64.9 Å². The van der Waals surface area contributed by atoms with Gasteiger partial charge in [-0.1, -0.05) is 49.4 Å². The van der Waals surface area contributed by atoms with E-state index in [0.29, 0.717) is 21.2 Å². The Morgan fingerprint density at radius 2 is 1.68 bits per heavy atom. The van der Waals surface area contributed by atoms with Crippen molar-refractivity contribution < 1.29 is 28.1 Å². The predicted octanol–water partition coefficient (Wildman–Crippen LogP) is 4.90. The fourth-order valence-corrected chi connectivity index (χ4v) is 5.06. The van der Waals surface area contributed by atoms with E-state index in [-0.39, 0.29) is 17.7 Å². The molecule has 1 heterocycles. The minimum Gasteiger partial charge on any atom is -0.462 e. The fraction of sp³-hybridized carbons (Fsp3) is 0.240. The molecule has 2 aromatic carbocycles. The standard InChI is InChI=1S/C25H25NO6S2/c1-4-31-25(29)21-19(17-11-7-6-8-12-17)15-33-23(21)26-22(27)16(3)32-24(28)18-13-9-10-14-20(18)34(30)5-2/h6-16H,4-5H2,1-3H3,(H,26,27). The number of thiophene rings is 1. The molecular weight excluding hydrogens is 474 g/mol.